The Balaban J connectivity index is 1.49. The van der Waals surface area contributed by atoms with E-state index in [1.807, 2.05) is 18.3 Å². The molecule has 0 atom stereocenters. The molecule has 8 heteroatoms. The number of sulfone groups is 1. The third-order valence-corrected chi connectivity index (χ3v) is 6.49. The predicted octanol–water partition coefficient (Wildman–Crippen LogP) is 2.10. The number of carbonyl (C=O) groups excluding carboxylic acids is 1. The van der Waals surface area contributed by atoms with Gasteiger partial charge in [-0.2, -0.15) is 0 Å². The second-order valence-electron chi connectivity index (χ2n) is 6.68. The van der Waals surface area contributed by atoms with Gasteiger partial charge in [0, 0.05) is 49.6 Å². The molecule has 0 unspecified atom stereocenters. The van der Waals surface area contributed by atoms with Crippen molar-refractivity contribution in [2.75, 3.05) is 31.9 Å². The van der Waals surface area contributed by atoms with Gasteiger partial charge in [-0.3, -0.25) is 14.7 Å². The van der Waals surface area contributed by atoms with Gasteiger partial charge in [-0.15, -0.1) is 0 Å². The first-order valence-corrected chi connectivity index (χ1v) is 11.4. The van der Waals surface area contributed by atoms with Crippen LogP contribution < -0.4 is 0 Å². The zero-order valence-electron chi connectivity index (χ0n) is 14.9. The van der Waals surface area contributed by atoms with Crippen molar-refractivity contribution < 1.29 is 13.2 Å². The van der Waals surface area contributed by atoms with Gasteiger partial charge < -0.3 is 4.90 Å². The molecule has 1 aliphatic rings. The SMILES string of the molecule is O=C(CS(=O)(=O)Cc1ccc(Br)cc1)N1CCN(Cc2cccnc2)CC1. The van der Waals surface area contributed by atoms with Crippen LogP contribution in [0.4, 0.5) is 0 Å². The highest BCUT2D eigenvalue weighted by atomic mass is 79.9. The Morgan fingerprint density at radius 1 is 1.04 bits per heavy atom. The second kappa shape index (κ2) is 8.95. The number of benzene rings is 1. The summed E-state index contributed by atoms with van der Waals surface area (Å²) in [5, 5.41) is 0. The van der Waals surface area contributed by atoms with Crippen LogP contribution in [0, 0.1) is 0 Å². The summed E-state index contributed by atoms with van der Waals surface area (Å²) in [7, 11) is -3.49. The normalized spacial score (nSPS) is 15.7. The number of halogens is 1. The van der Waals surface area contributed by atoms with Crippen LogP contribution in [0.3, 0.4) is 0 Å². The van der Waals surface area contributed by atoms with Crippen molar-refractivity contribution >= 4 is 31.7 Å². The van der Waals surface area contributed by atoms with Crippen LogP contribution in [0.15, 0.2) is 53.3 Å². The third kappa shape index (κ3) is 6.12. The van der Waals surface area contributed by atoms with Gasteiger partial charge in [0.25, 0.3) is 0 Å². The number of amides is 1. The van der Waals surface area contributed by atoms with Crippen LogP contribution in [-0.2, 0) is 26.9 Å². The van der Waals surface area contributed by atoms with E-state index >= 15 is 0 Å². The topological polar surface area (TPSA) is 70.6 Å². The minimum absolute atomic E-state index is 0.118. The fourth-order valence-electron chi connectivity index (χ4n) is 3.07. The van der Waals surface area contributed by atoms with Gasteiger partial charge in [-0.05, 0) is 29.3 Å². The van der Waals surface area contributed by atoms with Gasteiger partial charge in [0.15, 0.2) is 9.84 Å². The summed E-state index contributed by atoms with van der Waals surface area (Å²) in [6.45, 7) is 3.35. The molecule has 0 N–H and O–H groups in total. The summed E-state index contributed by atoms with van der Waals surface area (Å²) in [6.07, 6.45) is 3.58. The van der Waals surface area contributed by atoms with Crippen molar-refractivity contribution in [3.8, 4) is 0 Å². The number of nitrogens with zero attached hydrogens (tertiary/aromatic N) is 3. The van der Waals surface area contributed by atoms with Crippen LogP contribution in [0.25, 0.3) is 0 Å². The van der Waals surface area contributed by atoms with Crippen molar-refractivity contribution in [2.24, 2.45) is 0 Å². The maximum absolute atomic E-state index is 12.4. The number of rotatable bonds is 6. The van der Waals surface area contributed by atoms with Crippen LogP contribution in [0.1, 0.15) is 11.1 Å². The lowest BCUT2D eigenvalue weighted by Gasteiger charge is -2.34. The standard InChI is InChI=1S/C19H22BrN3O3S/c20-18-5-3-16(4-6-18)14-27(25,26)15-19(24)23-10-8-22(9-11-23)13-17-2-1-7-21-12-17/h1-7,12H,8-11,13-15H2. The Labute approximate surface area is 168 Å². The quantitative estimate of drug-likeness (QED) is 0.672. The average molecular weight is 452 g/mol. The summed E-state index contributed by atoms with van der Waals surface area (Å²) in [6, 6.07) is 11.0. The van der Waals surface area contributed by atoms with E-state index in [0.29, 0.717) is 18.7 Å². The van der Waals surface area contributed by atoms with Crippen molar-refractivity contribution in [3.63, 3.8) is 0 Å². The largest absolute Gasteiger partial charge is 0.339 e. The summed E-state index contributed by atoms with van der Waals surface area (Å²) in [5.74, 6) is -0.869. The molecule has 2 heterocycles. The first kappa shape index (κ1) is 20.0. The smallest absolute Gasteiger partial charge is 0.237 e. The van der Waals surface area contributed by atoms with Gasteiger partial charge in [-0.25, -0.2) is 8.42 Å². The lowest BCUT2D eigenvalue weighted by molar-refractivity contribution is -0.130. The lowest BCUT2D eigenvalue weighted by Crippen LogP contribution is -2.49. The van der Waals surface area contributed by atoms with Gasteiger partial charge in [0.1, 0.15) is 5.75 Å². The molecule has 1 amide bonds. The molecular weight excluding hydrogens is 430 g/mol. The molecule has 0 spiro atoms. The van der Waals surface area contributed by atoms with E-state index in [9.17, 15) is 13.2 Å². The third-order valence-electron chi connectivity index (χ3n) is 4.50. The number of piperazine rings is 1. The number of pyridine rings is 1. The van der Waals surface area contributed by atoms with Gasteiger partial charge in [-0.1, -0.05) is 34.1 Å². The van der Waals surface area contributed by atoms with Crippen molar-refractivity contribution in [2.45, 2.75) is 12.3 Å². The highest BCUT2D eigenvalue weighted by Gasteiger charge is 2.25. The Morgan fingerprint density at radius 2 is 1.74 bits per heavy atom. The van der Waals surface area contributed by atoms with Gasteiger partial charge >= 0.3 is 0 Å². The number of aromatic nitrogens is 1. The molecule has 27 heavy (non-hydrogen) atoms. The maximum atomic E-state index is 12.4. The fraction of sp³-hybridized carbons (Fsp3) is 0.368. The monoisotopic (exact) mass is 451 g/mol. The van der Waals surface area contributed by atoms with Gasteiger partial charge in [0.05, 0.1) is 5.75 Å². The molecule has 0 bridgehead atoms. The molecule has 0 saturated carbocycles. The Bertz CT molecular complexity index is 865. The molecule has 6 nitrogen and oxygen atoms in total. The molecule has 1 saturated heterocycles. The molecule has 1 aromatic heterocycles. The van der Waals surface area contributed by atoms with E-state index in [1.54, 1.807) is 35.4 Å². The Morgan fingerprint density at radius 3 is 2.37 bits per heavy atom. The van der Waals surface area contributed by atoms with Crippen LogP contribution >= 0.6 is 15.9 Å². The minimum atomic E-state index is -3.49. The molecule has 0 radical (unpaired) electrons. The molecular formula is C19H22BrN3O3S. The molecule has 2 aromatic rings. The lowest BCUT2D eigenvalue weighted by atomic mass is 10.2. The fourth-order valence-corrected chi connectivity index (χ4v) is 4.70. The first-order valence-electron chi connectivity index (χ1n) is 8.75. The molecule has 1 fully saturated rings. The van der Waals surface area contributed by atoms with Crippen LogP contribution in [0.2, 0.25) is 0 Å². The van der Waals surface area contributed by atoms with E-state index in [0.717, 1.165) is 29.7 Å². The highest BCUT2D eigenvalue weighted by Crippen LogP contribution is 2.14. The predicted molar refractivity (Wildman–Crippen MR) is 108 cm³/mol. The van der Waals surface area contributed by atoms with E-state index in [1.165, 1.54) is 0 Å². The molecule has 1 aliphatic heterocycles. The van der Waals surface area contributed by atoms with Crippen LogP contribution in [-0.4, -0.2) is 61.0 Å². The summed E-state index contributed by atoms with van der Waals surface area (Å²) < 4.78 is 25.6. The second-order valence-corrected chi connectivity index (χ2v) is 9.66. The van der Waals surface area contributed by atoms with E-state index in [2.05, 4.69) is 25.8 Å². The zero-order valence-corrected chi connectivity index (χ0v) is 17.3. The highest BCUT2D eigenvalue weighted by molar-refractivity contribution is 9.10. The average Bonchev–Trinajstić information content (AvgIpc) is 2.64. The summed E-state index contributed by atoms with van der Waals surface area (Å²) in [4.78, 5) is 20.4. The minimum Gasteiger partial charge on any atom is -0.339 e. The van der Waals surface area contributed by atoms with Gasteiger partial charge in [0.2, 0.25) is 5.91 Å². The Kier molecular flexibility index (Phi) is 6.62. The number of carbonyl (C=O) groups is 1. The van der Waals surface area contributed by atoms with E-state index < -0.39 is 15.6 Å². The molecule has 0 aliphatic carbocycles. The maximum Gasteiger partial charge on any atom is 0.237 e. The first-order chi connectivity index (χ1) is 12.9. The molecule has 144 valence electrons. The van der Waals surface area contributed by atoms with Crippen molar-refractivity contribution in [3.05, 3.63) is 64.4 Å². The number of hydrogen-bond donors (Lipinski definition) is 0. The Hall–Kier alpha value is -1.77. The van der Waals surface area contributed by atoms with E-state index in [-0.39, 0.29) is 11.7 Å². The van der Waals surface area contributed by atoms with E-state index in [4.69, 9.17) is 0 Å². The van der Waals surface area contributed by atoms with Crippen LogP contribution in [0.5, 0.6) is 0 Å². The molecule has 3 rings (SSSR count). The van der Waals surface area contributed by atoms with Crippen molar-refractivity contribution in [1.82, 2.24) is 14.8 Å². The molecule has 1 aromatic carbocycles. The summed E-state index contributed by atoms with van der Waals surface area (Å²) >= 11 is 3.33. The summed E-state index contributed by atoms with van der Waals surface area (Å²) in [5.41, 5.74) is 1.82. The number of hydrogen-bond acceptors (Lipinski definition) is 5. The zero-order chi connectivity index (χ0) is 19.3. The van der Waals surface area contributed by atoms with Crippen molar-refractivity contribution in [1.29, 1.82) is 0 Å².